The zero-order valence-electron chi connectivity index (χ0n) is 28.2. The zero-order chi connectivity index (χ0) is 33.4. The van der Waals surface area contributed by atoms with Crippen LogP contribution in [-0.2, 0) is 19.1 Å². The first-order chi connectivity index (χ1) is 21.9. The van der Waals surface area contributed by atoms with Gasteiger partial charge in [-0.15, -0.1) is 0 Å². The average molecular weight is 637 g/mol. The van der Waals surface area contributed by atoms with E-state index in [1.165, 1.54) is 25.0 Å². The van der Waals surface area contributed by atoms with E-state index in [1.807, 2.05) is 0 Å². The van der Waals surface area contributed by atoms with Gasteiger partial charge in [0.1, 0.15) is 19.0 Å². The van der Waals surface area contributed by atoms with Gasteiger partial charge in [0, 0.05) is 11.8 Å². The van der Waals surface area contributed by atoms with Crippen molar-refractivity contribution in [1.82, 2.24) is 0 Å². The average Bonchev–Trinajstić information content (AvgIpc) is 3.00. The molecule has 0 aromatic heterocycles. The highest BCUT2D eigenvalue weighted by molar-refractivity contribution is 5.95. The molecule has 0 bridgehead atoms. The Labute approximate surface area is 273 Å². The molecule has 0 spiro atoms. The van der Waals surface area contributed by atoms with Gasteiger partial charge in [-0.05, 0) is 84.7 Å². The molecule has 3 N–H and O–H groups in total. The van der Waals surface area contributed by atoms with E-state index in [0.717, 1.165) is 25.7 Å². The minimum Gasteiger partial charge on any atom is -0.478 e. The van der Waals surface area contributed by atoms with Crippen molar-refractivity contribution in [3.8, 4) is 11.5 Å². The van der Waals surface area contributed by atoms with Crippen molar-refractivity contribution in [3.63, 3.8) is 0 Å². The number of amides is 2. The van der Waals surface area contributed by atoms with Crippen LogP contribution in [-0.4, -0.2) is 48.3 Å². The molecule has 46 heavy (non-hydrogen) atoms. The maximum atomic E-state index is 13.1. The lowest BCUT2D eigenvalue weighted by Crippen LogP contribution is -2.38. The maximum Gasteiger partial charge on any atom is 0.335 e. The lowest BCUT2D eigenvalue weighted by Gasteiger charge is -2.38. The Balaban J connectivity index is 1.44. The summed E-state index contributed by atoms with van der Waals surface area (Å²) in [6.45, 7) is 13.2. The molecule has 2 aliphatic carbocycles. The highest BCUT2D eigenvalue weighted by Crippen LogP contribution is 2.38. The van der Waals surface area contributed by atoms with Crippen LogP contribution in [0.25, 0.3) is 0 Å². The largest absolute Gasteiger partial charge is 0.478 e. The van der Waals surface area contributed by atoms with E-state index in [9.17, 15) is 19.5 Å². The van der Waals surface area contributed by atoms with Crippen LogP contribution >= 0.6 is 0 Å². The predicted molar refractivity (Wildman–Crippen MR) is 179 cm³/mol. The van der Waals surface area contributed by atoms with Gasteiger partial charge >= 0.3 is 5.97 Å². The van der Waals surface area contributed by atoms with Crippen molar-refractivity contribution in [2.24, 2.45) is 35.5 Å². The second kappa shape index (κ2) is 16.4. The van der Waals surface area contributed by atoms with Gasteiger partial charge in [0.15, 0.2) is 5.75 Å². The molecular formula is C37H52N2O7. The highest BCUT2D eigenvalue weighted by Gasteiger charge is 2.35. The van der Waals surface area contributed by atoms with Gasteiger partial charge in [-0.25, -0.2) is 4.79 Å². The quantitative estimate of drug-likeness (QED) is 0.204. The minimum absolute atomic E-state index is 0.0328. The first-order valence-electron chi connectivity index (χ1n) is 16.9. The van der Waals surface area contributed by atoms with E-state index >= 15 is 0 Å². The molecule has 2 saturated carbocycles. The zero-order valence-corrected chi connectivity index (χ0v) is 28.2. The Morgan fingerprint density at radius 2 is 1.28 bits per heavy atom. The monoisotopic (exact) mass is 636 g/mol. The molecule has 2 amide bonds. The van der Waals surface area contributed by atoms with Crippen LogP contribution in [0.1, 0.15) is 90.4 Å². The number of carbonyl (C=O) groups is 3. The lowest BCUT2D eigenvalue weighted by atomic mass is 9.72. The molecule has 0 aliphatic heterocycles. The summed E-state index contributed by atoms with van der Waals surface area (Å²) in [4.78, 5) is 37.4. The predicted octanol–water partition coefficient (Wildman–Crippen LogP) is 8.01. The Morgan fingerprint density at radius 1 is 0.761 bits per heavy atom. The molecule has 9 heteroatoms. The Morgan fingerprint density at radius 3 is 1.78 bits per heavy atom. The molecule has 2 fully saturated rings. The van der Waals surface area contributed by atoms with Crippen LogP contribution in [0.2, 0.25) is 0 Å². The number of anilines is 2. The molecular weight excluding hydrogens is 584 g/mol. The van der Waals surface area contributed by atoms with Crippen LogP contribution in [0.4, 0.5) is 11.4 Å². The molecule has 0 saturated heterocycles. The van der Waals surface area contributed by atoms with Crippen molar-refractivity contribution in [3.05, 3.63) is 48.0 Å². The Kier molecular flexibility index (Phi) is 12.6. The highest BCUT2D eigenvalue weighted by atomic mass is 16.5. The Bertz CT molecular complexity index is 1330. The van der Waals surface area contributed by atoms with Gasteiger partial charge < -0.3 is 30.0 Å². The molecule has 2 aromatic carbocycles. The van der Waals surface area contributed by atoms with Crippen molar-refractivity contribution < 1.29 is 33.7 Å². The molecule has 2 aromatic rings. The normalized spacial score (nSPS) is 24.9. The van der Waals surface area contributed by atoms with Crippen LogP contribution in [0.5, 0.6) is 11.5 Å². The number of hydrogen-bond donors (Lipinski definition) is 3. The van der Waals surface area contributed by atoms with Gasteiger partial charge in [-0.2, -0.15) is 0 Å². The summed E-state index contributed by atoms with van der Waals surface area (Å²) >= 11 is 0. The molecule has 0 radical (unpaired) electrons. The number of nitrogens with one attached hydrogen (secondary N) is 2. The fraction of sp³-hybridized carbons (Fsp3) is 0.595. The summed E-state index contributed by atoms with van der Waals surface area (Å²) in [6, 6.07) is 11.0. The van der Waals surface area contributed by atoms with Crippen molar-refractivity contribution in [1.29, 1.82) is 0 Å². The van der Waals surface area contributed by atoms with Crippen molar-refractivity contribution >= 4 is 29.2 Å². The fourth-order valence-corrected chi connectivity index (χ4v) is 7.68. The molecule has 4 rings (SSSR count). The van der Waals surface area contributed by atoms with Gasteiger partial charge in [0.2, 0.25) is 11.8 Å². The number of rotatable bonds is 13. The Hall–Kier alpha value is -3.43. The number of carboxylic acid groups (broad SMARTS) is 1. The summed E-state index contributed by atoms with van der Waals surface area (Å²) < 4.78 is 18.4. The number of carboxylic acids is 1. The molecule has 0 heterocycles. The van der Waals surface area contributed by atoms with E-state index in [4.69, 9.17) is 14.2 Å². The van der Waals surface area contributed by atoms with Gasteiger partial charge in [-0.3, -0.25) is 9.59 Å². The van der Waals surface area contributed by atoms with Crippen molar-refractivity contribution in [2.75, 3.05) is 23.8 Å². The van der Waals surface area contributed by atoms with Crippen molar-refractivity contribution in [2.45, 2.75) is 92.3 Å². The van der Waals surface area contributed by atoms with Crippen LogP contribution < -0.4 is 15.4 Å². The molecule has 9 nitrogen and oxygen atoms in total. The van der Waals surface area contributed by atoms with E-state index in [1.54, 1.807) is 30.3 Å². The number of benzene rings is 2. The van der Waals surface area contributed by atoms with Crippen LogP contribution in [0, 0.1) is 35.5 Å². The van der Waals surface area contributed by atoms with E-state index in [-0.39, 0.29) is 42.8 Å². The second-order valence-corrected chi connectivity index (χ2v) is 13.9. The molecule has 2 aliphatic rings. The van der Waals surface area contributed by atoms with E-state index < -0.39 is 5.97 Å². The standard InChI is InChI=1S/C37H52N2O7/c1-22(2)35-24(5)9-7-11-30(35)44-20-33(40)38-27-15-18-29(32(19-27)46-28-16-13-26(14-17-28)37(42)43)39-34(41)21-45-31-12-8-10-25(6)36(31)23(3)4/h13-19,22-25,30-31,35-36H,7-12,20-21H2,1-6H3,(H,38,40)(H,39,41)(H,42,43). The SMILES string of the molecule is CC(C)C1C(C)CCCC1OCC(=O)Nc1ccc(NC(=O)COC2CCCC(C)C2C(C)C)c(Oc2ccc(C(=O)O)cc2)c1. The van der Waals surface area contributed by atoms with Gasteiger partial charge in [0.05, 0.1) is 23.5 Å². The first kappa shape index (κ1) is 35.4. The maximum absolute atomic E-state index is 13.1. The van der Waals surface area contributed by atoms with E-state index in [2.05, 4.69) is 52.2 Å². The molecule has 6 unspecified atom stereocenters. The topological polar surface area (TPSA) is 123 Å². The third kappa shape index (κ3) is 9.55. The lowest BCUT2D eigenvalue weighted by molar-refractivity contribution is -0.127. The summed E-state index contributed by atoms with van der Waals surface area (Å²) in [5.41, 5.74) is 1.01. The number of aromatic carboxylic acids is 1. The summed E-state index contributed by atoms with van der Waals surface area (Å²) in [5, 5.41) is 15.1. The fourth-order valence-electron chi connectivity index (χ4n) is 7.68. The number of carbonyl (C=O) groups excluding carboxylic acids is 2. The third-order valence-corrected chi connectivity index (χ3v) is 9.73. The van der Waals surface area contributed by atoms with E-state index in [0.29, 0.717) is 58.4 Å². The third-order valence-electron chi connectivity index (χ3n) is 9.73. The first-order valence-corrected chi connectivity index (χ1v) is 16.9. The number of ether oxygens (including phenoxy) is 3. The van der Waals surface area contributed by atoms with Crippen LogP contribution in [0.3, 0.4) is 0 Å². The van der Waals surface area contributed by atoms with Gasteiger partial charge in [0.25, 0.3) is 0 Å². The smallest absolute Gasteiger partial charge is 0.335 e. The molecule has 252 valence electrons. The summed E-state index contributed by atoms with van der Waals surface area (Å²) in [6.07, 6.45) is 6.53. The van der Waals surface area contributed by atoms with Crippen LogP contribution in [0.15, 0.2) is 42.5 Å². The molecule has 6 atom stereocenters. The minimum atomic E-state index is -1.04. The second-order valence-electron chi connectivity index (χ2n) is 13.9. The summed E-state index contributed by atoms with van der Waals surface area (Å²) in [7, 11) is 0. The van der Waals surface area contributed by atoms with Gasteiger partial charge in [-0.1, -0.05) is 67.2 Å². The summed E-state index contributed by atoms with van der Waals surface area (Å²) in [5.74, 6) is 1.91. The number of hydrogen-bond acceptors (Lipinski definition) is 6.